The topological polar surface area (TPSA) is 200 Å². The number of aromatic carboxylic acids is 1. The quantitative estimate of drug-likeness (QED) is 0.118. The van der Waals surface area contributed by atoms with E-state index in [1.807, 2.05) is 27.7 Å². The molecule has 0 atom stereocenters. The van der Waals surface area contributed by atoms with Crippen LogP contribution < -0.4 is 16.4 Å². The van der Waals surface area contributed by atoms with Gasteiger partial charge in [0.25, 0.3) is 21.9 Å². The fraction of sp³-hybridized carbons (Fsp3) is 0.267. The lowest BCUT2D eigenvalue weighted by Gasteiger charge is -2.26. The first-order chi connectivity index (χ1) is 19.5. The summed E-state index contributed by atoms with van der Waals surface area (Å²) in [7, 11) is -3.67. The lowest BCUT2D eigenvalue weighted by Crippen LogP contribution is -2.42. The highest BCUT2D eigenvalue weighted by molar-refractivity contribution is 7.85. The summed E-state index contributed by atoms with van der Waals surface area (Å²) in [6, 6.07) is 17.6. The fourth-order valence-corrected chi connectivity index (χ4v) is 4.28. The van der Waals surface area contributed by atoms with Gasteiger partial charge in [-0.2, -0.15) is 8.42 Å². The van der Waals surface area contributed by atoms with Gasteiger partial charge < -0.3 is 21.5 Å². The summed E-state index contributed by atoms with van der Waals surface area (Å²) in [6.07, 6.45) is 0.715. The standard InChI is InChI=1S/C29H32N4O4.CH4O3S/c1-16(2)25(17(3)4)33-27(34)19-11-14-22(24(15-19)29(36)37)21-7-5-6-8-23(21)28(35)32-20-12-9-18(10-13-20)26(30)31;1-5(2,3)4/h5-17,25H,1-4H3,(H3,30,31)(H,32,35)(H,33,34)(H,36,37);1H3,(H,2,3,4). The van der Waals surface area contributed by atoms with Crippen LogP contribution in [-0.2, 0) is 10.1 Å². The zero-order chi connectivity index (χ0) is 31.8. The number of carboxylic acid groups (broad SMARTS) is 1. The number of anilines is 1. The molecule has 0 radical (unpaired) electrons. The van der Waals surface area contributed by atoms with Crippen molar-refractivity contribution in [1.82, 2.24) is 5.32 Å². The van der Waals surface area contributed by atoms with Crippen LogP contribution in [0.1, 0.15) is 64.3 Å². The number of nitrogen functional groups attached to an aromatic ring is 1. The van der Waals surface area contributed by atoms with Crippen molar-refractivity contribution in [3.8, 4) is 11.1 Å². The van der Waals surface area contributed by atoms with Gasteiger partial charge in [-0.3, -0.25) is 19.6 Å². The number of rotatable bonds is 9. The molecule has 0 aliphatic carbocycles. The van der Waals surface area contributed by atoms with Crippen molar-refractivity contribution >= 4 is 39.4 Å². The number of amidine groups is 1. The van der Waals surface area contributed by atoms with Crippen LogP contribution in [-0.4, -0.2) is 54.0 Å². The molecule has 0 saturated heterocycles. The Morgan fingerprint density at radius 2 is 1.31 bits per heavy atom. The van der Waals surface area contributed by atoms with Crippen molar-refractivity contribution < 1.29 is 32.5 Å². The van der Waals surface area contributed by atoms with E-state index in [4.69, 9.17) is 15.7 Å². The van der Waals surface area contributed by atoms with Gasteiger partial charge >= 0.3 is 5.97 Å². The number of hydrogen-bond donors (Lipinski definition) is 6. The predicted octanol–water partition coefficient (Wildman–Crippen LogP) is 4.50. The molecule has 11 nitrogen and oxygen atoms in total. The molecule has 0 heterocycles. The maximum atomic E-state index is 13.1. The van der Waals surface area contributed by atoms with Crippen molar-refractivity contribution in [2.75, 3.05) is 11.6 Å². The molecule has 3 aromatic rings. The maximum Gasteiger partial charge on any atom is 0.336 e. The van der Waals surface area contributed by atoms with Gasteiger partial charge in [-0.05, 0) is 65.4 Å². The van der Waals surface area contributed by atoms with Gasteiger partial charge in [0.2, 0.25) is 0 Å². The molecule has 224 valence electrons. The van der Waals surface area contributed by atoms with Gasteiger partial charge in [-0.25, -0.2) is 4.79 Å². The number of amides is 2. The largest absolute Gasteiger partial charge is 0.478 e. The number of hydrogen-bond acceptors (Lipinski definition) is 6. The summed E-state index contributed by atoms with van der Waals surface area (Å²) in [5, 5.41) is 23.3. The molecule has 3 rings (SSSR count). The molecule has 0 spiro atoms. The molecule has 0 fully saturated rings. The van der Waals surface area contributed by atoms with Crippen LogP contribution >= 0.6 is 0 Å². The van der Waals surface area contributed by atoms with Gasteiger partial charge in [0.15, 0.2) is 0 Å². The molecule has 0 bridgehead atoms. The van der Waals surface area contributed by atoms with Crippen LogP contribution in [0.25, 0.3) is 11.1 Å². The molecule has 0 unspecified atom stereocenters. The molecule has 12 heteroatoms. The van der Waals surface area contributed by atoms with Crippen molar-refractivity contribution in [2.24, 2.45) is 17.6 Å². The molecular weight excluding hydrogens is 560 g/mol. The van der Waals surface area contributed by atoms with Crippen LogP contribution in [0, 0.1) is 17.2 Å². The number of carbonyl (C=O) groups excluding carboxylic acids is 2. The third-order valence-electron chi connectivity index (χ3n) is 6.16. The summed E-state index contributed by atoms with van der Waals surface area (Å²) < 4.78 is 25.9. The average molecular weight is 597 g/mol. The zero-order valence-electron chi connectivity index (χ0n) is 24.0. The van der Waals surface area contributed by atoms with Crippen molar-refractivity contribution in [3.63, 3.8) is 0 Å². The number of benzene rings is 3. The third kappa shape index (κ3) is 9.82. The van der Waals surface area contributed by atoms with E-state index in [0.29, 0.717) is 28.6 Å². The first-order valence-corrected chi connectivity index (χ1v) is 14.8. The molecule has 3 aromatic carbocycles. The van der Waals surface area contributed by atoms with E-state index < -0.39 is 22.0 Å². The number of nitrogens with two attached hydrogens (primary N) is 1. The lowest BCUT2D eigenvalue weighted by molar-refractivity contribution is 0.0697. The summed E-state index contributed by atoms with van der Waals surface area (Å²) in [5.41, 5.74) is 7.69. The van der Waals surface area contributed by atoms with Crippen LogP contribution in [0.3, 0.4) is 0 Å². The van der Waals surface area contributed by atoms with E-state index in [1.165, 1.54) is 6.07 Å². The minimum atomic E-state index is -3.67. The number of carbonyl (C=O) groups is 3. The molecule has 7 N–H and O–H groups in total. The highest BCUT2D eigenvalue weighted by atomic mass is 32.2. The Kier molecular flexibility index (Phi) is 11.5. The van der Waals surface area contributed by atoms with E-state index in [2.05, 4.69) is 10.6 Å². The Morgan fingerprint density at radius 1 is 0.810 bits per heavy atom. The Morgan fingerprint density at radius 3 is 1.81 bits per heavy atom. The summed E-state index contributed by atoms with van der Waals surface area (Å²) in [6.45, 7) is 8.10. The van der Waals surface area contributed by atoms with Crippen LogP contribution in [0.15, 0.2) is 66.7 Å². The molecule has 2 amide bonds. The minimum Gasteiger partial charge on any atom is -0.478 e. The number of nitrogens with one attached hydrogen (secondary N) is 3. The van der Waals surface area contributed by atoms with E-state index in [0.717, 1.165) is 0 Å². The Balaban J connectivity index is 0.00000113. The van der Waals surface area contributed by atoms with Crippen LogP contribution in [0.2, 0.25) is 0 Å². The molecule has 42 heavy (non-hydrogen) atoms. The van der Waals surface area contributed by atoms with Gasteiger partial charge in [0.05, 0.1) is 11.8 Å². The molecule has 0 saturated carbocycles. The van der Waals surface area contributed by atoms with Crippen molar-refractivity contribution in [1.29, 1.82) is 5.41 Å². The summed E-state index contributed by atoms with van der Waals surface area (Å²) >= 11 is 0. The molecule has 0 aliphatic heterocycles. The minimum absolute atomic E-state index is 0.0608. The fourth-order valence-electron chi connectivity index (χ4n) is 4.28. The smallest absolute Gasteiger partial charge is 0.336 e. The zero-order valence-corrected chi connectivity index (χ0v) is 24.8. The number of carboxylic acids is 1. The lowest BCUT2D eigenvalue weighted by atomic mass is 9.91. The van der Waals surface area contributed by atoms with Gasteiger partial charge in [0, 0.05) is 28.4 Å². The van der Waals surface area contributed by atoms with Gasteiger partial charge in [-0.15, -0.1) is 0 Å². The summed E-state index contributed by atoms with van der Waals surface area (Å²) in [4.78, 5) is 38.3. The molecular formula is C30H36N4O7S. The first kappa shape index (κ1) is 33.7. The van der Waals surface area contributed by atoms with Crippen molar-refractivity contribution in [3.05, 3.63) is 89.0 Å². The SMILES string of the molecule is CC(C)C(NC(=O)c1ccc(-c2ccccc2C(=O)Nc2ccc(C(=N)N)cc2)c(C(=O)O)c1)C(C)C.CS(=O)(=O)O. The normalized spacial score (nSPS) is 11.1. The summed E-state index contributed by atoms with van der Waals surface area (Å²) in [5.74, 6) is -1.63. The predicted molar refractivity (Wildman–Crippen MR) is 163 cm³/mol. The van der Waals surface area contributed by atoms with Crippen LogP contribution in [0.5, 0.6) is 0 Å². The maximum absolute atomic E-state index is 13.1. The van der Waals surface area contributed by atoms with E-state index in [-0.39, 0.29) is 46.3 Å². The van der Waals surface area contributed by atoms with E-state index >= 15 is 0 Å². The first-order valence-electron chi connectivity index (χ1n) is 13.0. The van der Waals surface area contributed by atoms with E-state index in [1.54, 1.807) is 60.7 Å². The molecule has 0 aromatic heterocycles. The van der Waals surface area contributed by atoms with Crippen LogP contribution in [0.4, 0.5) is 5.69 Å². The second-order valence-electron chi connectivity index (χ2n) is 10.3. The van der Waals surface area contributed by atoms with Gasteiger partial charge in [0.1, 0.15) is 5.84 Å². The van der Waals surface area contributed by atoms with Crippen molar-refractivity contribution in [2.45, 2.75) is 33.7 Å². The Labute approximate surface area is 245 Å². The molecule has 0 aliphatic rings. The van der Waals surface area contributed by atoms with E-state index in [9.17, 15) is 27.9 Å². The second kappa shape index (κ2) is 14.4. The average Bonchev–Trinajstić information content (AvgIpc) is 2.90. The monoisotopic (exact) mass is 596 g/mol. The highest BCUT2D eigenvalue weighted by Gasteiger charge is 2.23. The third-order valence-corrected chi connectivity index (χ3v) is 6.16. The second-order valence-corrected chi connectivity index (χ2v) is 11.7. The Bertz CT molecular complexity index is 1550. The van der Waals surface area contributed by atoms with Gasteiger partial charge in [-0.1, -0.05) is 52.0 Å². The Hall–Kier alpha value is -4.55. The highest BCUT2D eigenvalue weighted by Crippen LogP contribution is 2.29.